The average Bonchev–Trinajstić information content (AvgIpc) is 3.18. The van der Waals surface area contributed by atoms with E-state index in [1.54, 1.807) is 18.2 Å². The Kier molecular flexibility index (Phi) is 4.20. The van der Waals surface area contributed by atoms with Gasteiger partial charge in [-0.3, -0.25) is 14.9 Å². The highest BCUT2D eigenvalue weighted by Crippen LogP contribution is 2.26. The summed E-state index contributed by atoms with van der Waals surface area (Å²) >= 11 is 1.34. The molecule has 23 heavy (non-hydrogen) atoms. The third kappa shape index (κ3) is 3.64. The van der Waals surface area contributed by atoms with Gasteiger partial charge in [0.05, 0.1) is 17.5 Å². The Morgan fingerprint density at radius 3 is 2.57 bits per heavy atom. The van der Waals surface area contributed by atoms with Crippen molar-refractivity contribution < 1.29 is 14.0 Å². The molecule has 0 unspecified atom stereocenters. The number of anilines is 2. The molecule has 2 N–H and O–H groups in total. The van der Waals surface area contributed by atoms with E-state index in [2.05, 4.69) is 15.6 Å². The lowest BCUT2D eigenvalue weighted by Gasteiger charge is -2.02. The number of benzene rings is 1. The summed E-state index contributed by atoms with van der Waals surface area (Å²) in [7, 11) is 0. The van der Waals surface area contributed by atoms with Crippen molar-refractivity contribution in [3.8, 4) is 11.3 Å². The monoisotopic (exact) mass is 327 g/mol. The van der Waals surface area contributed by atoms with Gasteiger partial charge in [0.25, 0.3) is 5.91 Å². The van der Waals surface area contributed by atoms with Gasteiger partial charge in [0.2, 0.25) is 5.91 Å². The minimum absolute atomic E-state index is 0.115. The molecule has 2 heterocycles. The van der Waals surface area contributed by atoms with Gasteiger partial charge in [0.1, 0.15) is 6.26 Å². The Bertz CT molecular complexity index is 823. The molecule has 0 fully saturated rings. The van der Waals surface area contributed by atoms with Gasteiger partial charge >= 0.3 is 0 Å². The summed E-state index contributed by atoms with van der Waals surface area (Å²) < 4.78 is 4.88. The van der Waals surface area contributed by atoms with E-state index in [1.807, 2.05) is 17.5 Å². The van der Waals surface area contributed by atoms with Crippen molar-refractivity contribution in [3.05, 3.63) is 53.8 Å². The third-order valence-corrected chi connectivity index (χ3v) is 3.77. The summed E-state index contributed by atoms with van der Waals surface area (Å²) in [5.41, 5.74) is 2.83. The van der Waals surface area contributed by atoms with Crippen LogP contribution in [0.5, 0.6) is 0 Å². The number of carbonyl (C=O) groups excluding carboxylic acids is 2. The Morgan fingerprint density at radius 2 is 1.91 bits per heavy atom. The highest BCUT2D eigenvalue weighted by Gasteiger charge is 2.11. The normalized spacial score (nSPS) is 10.3. The van der Waals surface area contributed by atoms with Gasteiger partial charge in [0.15, 0.2) is 5.13 Å². The van der Waals surface area contributed by atoms with E-state index in [1.165, 1.54) is 30.8 Å². The summed E-state index contributed by atoms with van der Waals surface area (Å²) in [5, 5.41) is 7.80. The Labute approximate surface area is 136 Å². The fraction of sp³-hybridized carbons (Fsp3) is 0.0625. The molecule has 0 radical (unpaired) electrons. The maximum absolute atomic E-state index is 11.9. The lowest BCUT2D eigenvalue weighted by molar-refractivity contribution is -0.114. The summed E-state index contributed by atoms with van der Waals surface area (Å²) in [4.78, 5) is 27.3. The fourth-order valence-corrected chi connectivity index (χ4v) is 2.67. The minimum atomic E-state index is -0.263. The number of nitrogens with zero attached hydrogens (tertiary/aromatic N) is 1. The molecule has 0 saturated carbocycles. The van der Waals surface area contributed by atoms with E-state index in [9.17, 15) is 9.59 Å². The first-order valence-corrected chi connectivity index (χ1v) is 7.67. The number of amides is 2. The maximum Gasteiger partial charge on any atom is 0.260 e. The summed E-state index contributed by atoms with van der Waals surface area (Å²) in [6.07, 6.45) is 2.82. The van der Waals surface area contributed by atoms with E-state index in [0.29, 0.717) is 10.7 Å². The molecule has 2 aromatic heterocycles. The number of rotatable bonds is 4. The molecule has 3 aromatic rings. The van der Waals surface area contributed by atoms with Gasteiger partial charge in [-0.25, -0.2) is 4.98 Å². The summed E-state index contributed by atoms with van der Waals surface area (Å²) in [5.74, 6) is -0.378. The molecular weight excluding hydrogens is 314 g/mol. The van der Waals surface area contributed by atoms with Crippen LogP contribution < -0.4 is 10.6 Å². The fourth-order valence-electron chi connectivity index (χ4n) is 1.95. The van der Waals surface area contributed by atoms with Crippen molar-refractivity contribution >= 4 is 34.0 Å². The molecule has 116 valence electrons. The molecule has 0 bridgehead atoms. The van der Waals surface area contributed by atoms with Crippen molar-refractivity contribution in [1.82, 2.24) is 4.98 Å². The first-order valence-electron chi connectivity index (χ1n) is 6.79. The van der Waals surface area contributed by atoms with Gasteiger partial charge in [-0.15, -0.1) is 11.3 Å². The average molecular weight is 327 g/mol. The molecule has 2 amide bonds. The summed E-state index contributed by atoms with van der Waals surface area (Å²) in [6.45, 7) is 1.46. The van der Waals surface area contributed by atoms with Gasteiger partial charge in [0, 0.05) is 23.6 Å². The minimum Gasteiger partial charge on any atom is -0.472 e. The van der Waals surface area contributed by atoms with Gasteiger partial charge in [-0.1, -0.05) is 12.1 Å². The molecule has 7 heteroatoms. The molecule has 0 spiro atoms. The predicted octanol–water partition coefficient (Wildman–Crippen LogP) is 3.61. The van der Waals surface area contributed by atoms with Crippen molar-refractivity contribution in [2.75, 3.05) is 10.6 Å². The molecule has 0 saturated heterocycles. The van der Waals surface area contributed by atoms with Crippen LogP contribution in [0.1, 0.15) is 17.3 Å². The number of furan rings is 1. The van der Waals surface area contributed by atoms with Gasteiger partial charge in [-0.05, 0) is 18.2 Å². The molecule has 0 atom stereocenters. The lowest BCUT2D eigenvalue weighted by atomic mass is 10.1. The smallest absolute Gasteiger partial charge is 0.260 e. The molecule has 0 aliphatic carbocycles. The topological polar surface area (TPSA) is 84.2 Å². The number of hydrogen-bond donors (Lipinski definition) is 2. The Morgan fingerprint density at radius 1 is 1.13 bits per heavy atom. The van der Waals surface area contributed by atoms with Gasteiger partial charge in [-0.2, -0.15) is 0 Å². The van der Waals surface area contributed by atoms with Crippen LogP contribution in [0, 0.1) is 0 Å². The second-order valence-corrected chi connectivity index (χ2v) is 5.62. The quantitative estimate of drug-likeness (QED) is 0.766. The molecule has 0 aliphatic heterocycles. The van der Waals surface area contributed by atoms with Crippen LogP contribution in [-0.4, -0.2) is 16.8 Å². The van der Waals surface area contributed by atoms with Crippen LogP contribution in [-0.2, 0) is 4.79 Å². The highest BCUT2D eigenvalue weighted by molar-refractivity contribution is 7.14. The standard InChI is InChI=1S/C16H13N3O3S/c1-10(20)17-13-4-2-11(3-5-13)14-9-23-16(18-14)19-15(21)12-6-7-22-8-12/h2-9H,1H3,(H,17,20)(H,18,19,21). The van der Waals surface area contributed by atoms with E-state index < -0.39 is 0 Å². The van der Waals surface area contributed by atoms with E-state index >= 15 is 0 Å². The zero-order valence-corrected chi connectivity index (χ0v) is 13.0. The third-order valence-electron chi connectivity index (χ3n) is 3.01. The number of carbonyl (C=O) groups is 2. The molecule has 0 aliphatic rings. The number of nitrogens with one attached hydrogen (secondary N) is 2. The van der Waals surface area contributed by atoms with Crippen LogP contribution in [0.2, 0.25) is 0 Å². The van der Waals surface area contributed by atoms with Crippen molar-refractivity contribution in [2.24, 2.45) is 0 Å². The molecule has 1 aromatic carbocycles. The Balaban J connectivity index is 1.71. The second kappa shape index (κ2) is 6.45. The zero-order chi connectivity index (χ0) is 16.2. The molecule has 6 nitrogen and oxygen atoms in total. The van der Waals surface area contributed by atoms with E-state index in [-0.39, 0.29) is 11.8 Å². The Hall–Kier alpha value is -2.93. The first kappa shape index (κ1) is 15.0. The van der Waals surface area contributed by atoms with Crippen molar-refractivity contribution in [3.63, 3.8) is 0 Å². The zero-order valence-electron chi connectivity index (χ0n) is 12.2. The summed E-state index contributed by atoms with van der Waals surface area (Å²) in [6, 6.07) is 8.92. The highest BCUT2D eigenvalue weighted by atomic mass is 32.1. The van der Waals surface area contributed by atoms with Crippen LogP contribution in [0.15, 0.2) is 52.7 Å². The number of hydrogen-bond acceptors (Lipinski definition) is 5. The van der Waals surface area contributed by atoms with Crippen LogP contribution >= 0.6 is 11.3 Å². The van der Waals surface area contributed by atoms with E-state index in [4.69, 9.17) is 4.42 Å². The molecule has 3 rings (SSSR count). The SMILES string of the molecule is CC(=O)Nc1ccc(-c2csc(NC(=O)c3ccoc3)n2)cc1. The van der Waals surface area contributed by atoms with E-state index in [0.717, 1.165) is 16.9 Å². The first-order chi connectivity index (χ1) is 11.1. The maximum atomic E-state index is 11.9. The molecular formula is C16H13N3O3S. The predicted molar refractivity (Wildman–Crippen MR) is 88.5 cm³/mol. The number of thiazole rings is 1. The number of aromatic nitrogens is 1. The largest absolute Gasteiger partial charge is 0.472 e. The van der Waals surface area contributed by atoms with Crippen molar-refractivity contribution in [1.29, 1.82) is 0 Å². The second-order valence-electron chi connectivity index (χ2n) is 4.76. The lowest BCUT2D eigenvalue weighted by Crippen LogP contribution is -2.10. The van der Waals surface area contributed by atoms with Crippen molar-refractivity contribution in [2.45, 2.75) is 6.92 Å². The van der Waals surface area contributed by atoms with Crippen LogP contribution in [0.3, 0.4) is 0 Å². The van der Waals surface area contributed by atoms with Crippen LogP contribution in [0.25, 0.3) is 11.3 Å². The van der Waals surface area contributed by atoms with Crippen LogP contribution in [0.4, 0.5) is 10.8 Å². The van der Waals surface area contributed by atoms with Gasteiger partial charge < -0.3 is 9.73 Å².